The molecule has 0 radical (unpaired) electrons. The molecule has 1 heterocycles. The van der Waals surface area contributed by atoms with Gasteiger partial charge in [-0.05, 0) is 12.8 Å². The predicted octanol–water partition coefficient (Wildman–Crippen LogP) is 2.35. The van der Waals surface area contributed by atoms with Crippen LogP contribution in [-0.4, -0.2) is 18.1 Å². The van der Waals surface area contributed by atoms with E-state index in [1.54, 1.807) is 0 Å². The molecule has 0 amide bonds. The molecular formula is C8H13ClO. The fourth-order valence-corrected chi connectivity index (χ4v) is 1.06. The average molecular weight is 161 g/mol. The first-order valence-electron chi connectivity index (χ1n) is 3.75. The van der Waals surface area contributed by atoms with Crippen LogP contribution in [0.2, 0.25) is 0 Å². The molecule has 0 bridgehead atoms. The van der Waals surface area contributed by atoms with Gasteiger partial charge in [-0.2, -0.15) is 0 Å². The van der Waals surface area contributed by atoms with Crippen molar-refractivity contribution < 1.29 is 4.74 Å². The highest BCUT2D eigenvalue weighted by Crippen LogP contribution is 2.21. The molecule has 2 atom stereocenters. The van der Waals surface area contributed by atoms with Crippen LogP contribution in [0.15, 0.2) is 12.2 Å². The quantitative estimate of drug-likeness (QED) is 0.350. The summed E-state index contributed by atoms with van der Waals surface area (Å²) in [4.78, 5) is 0. The molecule has 2 heteroatoms. The maximum Gasteiger partial charge on any atom is 0.0976 e. The van der Waals surface area contributed by atoms with Crippen molar-refractivity contribution >= 4 is 11.6 Å². The van der Waals surface area contributed by atoms with Crippen molar-refractivity contribution in [3.05, 3.63) is 12.2 Å². The molecule has 58 valence electrons. The fourth-order valence-electron chi connectivity index (χ4n) is 0.809. The number of epoxide rings is 1. The molecule has 1 saturated heterocycles. The zero-order chi connectivity index (χ0) is 7.40. The summed E-state index contributed by atoms with van der Waals surface area (Å²) >= 11 is 5.94. The van der Waals surface area contributed by atoms with E-state index in [0.29, 0.717) is 6.10 Å². The molecule has 0 saturated carbocycles. The van der Waals surface area contributed by atoms with Crippen molar-refractivity contribution in [1.82, 2.24) is 0 Å². The van der Waals surface area contributed by atoms with Gasteiger partial charge in [0.2, 0.25) is 0 Å². The van der Waals surface area contributed by atoms with E-state index < -0.39 is 0 Å². The summed E-state index contributed by atoms with van der Waals surface area (Å²) in [6.07, 6.45) is 6.63. The summed E-state index contributed by atoms with van der Waals surface area (Å²) in [6.45, 7) is 2.97. The molecule has 1 nitrogen and oxygen atoms in total. The third-order valence-corrected chi connectivity index (χ3v) is 1.99. The maximum absolute atomic E-state index is 5.94. The van der Waals surface area contributed by atoms with Crippen LogP contribution in [0.1, 0.15) is 19.8 Å². The maximum atomic E-state index is 5.94. The summed E-state index contributed by atoms with van der Waals surface area (Å²) in [7, 11) is 0. The minimum absolute atomic E-state index is 0.197. The van der Waals surface area contributed by atoms with E-state index in [9.17, 15) is 0 Å². The summed E-state index contributed by atoms with van der Waals surface area (Å²) in [5, 5.41) is 0.197. The number of halogens is 1. The Morgan fingerprint density at radius 2 is 2.40 bits per heavy atom. The Kier molecular flexibility index (Phi) is 3.23. The molecule has 1 aliphatic rings. The lowest BCUT2D eigenvalue weighted by Gasteiger charge is -1.98. The summed E-state index contributed by atoms with van der Waals surface area (Å²) in [6, 6.07) is 0. The van der Waals surface area contributed by atoms with Crippen LogP contribution in [0.3, 0.4) is 0 Å². The topological polar surface area (TPSA) is 12.5 Å². The third kappa shape index (κ3) is 2.72. The van der Waals surface area contributed by atoms with Crippen LogP contribution in [-0.2, 0) is 4.74 Å². The number of hydrogen-bond donors (Lipinski definition) is 0. The minimum atomic E-state index is 0.197. The second kappa shape index (κ2) is 3.99. The molecule has 10 heavy (non-hydrogen) atoms. The Bertz CT molecular complexity index is 118. The van der Waals surface area contributed by atoms with Gasteiger partial charge in [0.25, 0.3) is 0 Å². The number of hydrogen-bond acceptors (Lipinski definition) is 1. The van der Waals surface area contributed by atoms with Crippen molar-refractivity contribution in [2.45, 2.75) is 31.2 Å². The first kappa shape index (κ1) is 8.09. The van der Waals surface area contributed by atoms with E-state index in [1.165, 1.54) is 0 Å². The van der Waals surface area contributed by atoms with Crippen molar-refractivity contribution in [2.75, 3.05) is 6.61 Å². The molecule has 0 aromatic rings. The molecule has 0 aliphatic carbocycles. The molecular weight excluding hydrogens is 148 g/mol. The lowest BCUT2D eigenvalue weighted by molar-refractivity contribution is 0.400. The molecule has 1 rings (SSSR count). The molecule has 0 spiro atoms. The van der Waals surface area contributed by atoms with Gasteiger partial charge in [-0.1, -0.05) is 19.1 Å². The van der Waals surface area contributed by atoms with E-state index in [4.69, 9.17) is 16.3 Å². The van der Waals surface area contributed by atoms with Gasteiger partial charge in [0.15, 0.2) is 0 Å². The van der Waals surface area contributed by atoms with Gasteiger partial charge in [-0.3, -0.25) is 0 Å². The van der Waals surface area contributed by atoms with E-state index in [-0.39, 0.29) is 5.38 Å². The Hall–Kier alpha value is -0.0100. The zero-order valence-corrected chi connectivity index (χ0v) is 6.97. The predicted molar refractivity (Wildman–Crippen MR) is 43.4 cm³/mol. The molecule has 1 aliphatic heterocycles. The van der Waals surface area contributed by atoms with Crippen LogP contribution in [0, 0.1) is 0 Å². The lowest BCUT2D eigenvalue weighted by Crippen LogP contribution is -2.04. The third-order valence-electron chi connectivity index (χ3n) is 1.53. The number of rotatable bonds is 4. The van der Waals surface area contributed by atoms with E-state index >= 15 is 0 Å². The van der Waals surface area contributed by atoms with E-state index in [2.05, 4.69) is 19.1 Å². The molecule has 1 fully saturated rings. The second-order valence-corrected chi connectivity index (χ2v) is 3.06. The Labute approximate surface area is 67.0 Å². The minimum Gasteiger partial charge on any atom is -0.372 e. The van der Waals surface area contributed by atoms with Crippen LogP contribution < -0.4 is 0 Å². The average Bonchev–Trinajstić information content (AvgIpc) is 2.69. The monoisotopic (exact) mass is 160 g/mol. The summed E-state index contributed by atoms with van der Waals surface area (Å²) < 4.78 is 5.04. The molecule has 0 aromatic carbocycles. The first-order chi connectivity index (χ1) is 4.84. The van der Waals surface area contributed by atoms with Gasteiger partial charge in [0.1, 0.15) is 0 Å². The Morgan fingerprint density at radius 1 is 1.70 bits per heavy atom. The van der Waals surface area contributed by atoms with Crippen molar-refractivity contribution in [1.29, 1.82) is 0 Å². The SMILES string of the molecule is CC/C=C\C[C@@H](Cl)[C@H]1CO1. The molecule has 0 N–H and O–H groups in total. The highest BCUT2D eigenvalue weighted by molar-refractivity contribution is 6.21. The largest absolute Gasteiger partial charge is 0.372 e. The van der Waals surface area contributed by atoms with Gasteiger partial charge in [0, 0.05) is 0 Å². The highest BCUT2D eigenvalue weighted by Gasteiger charge is 2.29. The van der Waals surface area contributed by atoms with E-state index in [1.807, 2.05) is 0 Å². The standard InChI is InChI=1S/C8H13ClO/c1-2-3-4-5-7(9)8-6-10-8/h3-4,7-8H,2,5-6H2,1H3/b4-3-/t7-,8-/m1/s1. The number of alkyl halides is 1. The lowest BCUT2D eigenvalue weighted by atomic mass is 10.2. The molecule has 0 unspecified atom stereocenters. The van der Waals surface area contributed by atoms with Crippen molar-refractivity contribution in [2.24, 2.45) is 0 Å². The number of ether oxygens (including phenoxy) is 1. The van der Waals surface area contributed by atoms with Crippen molar-refractivity contribution in [3.63, 3.8) is 0 Å². The van der Waals surface area contributed by atoms with Gasteiger partial charge in [-0.15, -0.1) is 11.6 Å². The highest BCUT2D eigenvalue weighted by atomic mass is 35.5. The Balaban J connectivity index is 2.05. The Morgan fingerprint density at radius 3 is 2.90 bits per heavy atom. The zero-order valence-electron chi connectivity index (χ0n) is 6.22. The van der Waals surface area contributed by atoms with E-state index in [0.717, 1.165) is 19.4 Å². The van der Waals surface area contributed by atoms with Gasteiger partial charge in [-0.25, -0.2) is 0 Å². The summed E-state index contributed by atoms with van der Waals surface area (Å²) in [5.74, 6) is 0. The molecule has 0 aromatic heterocycles. The fraction of sp³-hybridized carbons (Fsp3) is 0.750. The summed E-state index contributed by atoms with van der Waals surface area (Å²) in [5.41, 5.74) is 0. The van der Waals surface area contributed by atoms with Gasteiger partial charge < -0.3 is 4.74 Å². The van der Waals surface area contributed by atoms with Crippen LogP contribution >= 0.6 is 11.6 Å². The van der Waals surface area contributed by atoms with Crippen LogP contribution in [0.25, 0.3) is 0 Å². The second-order valence-electron chi connectivity index (χ2n) is 2.50. The van der Waals surface area contributed by atoms with Crippen LogP contribution in [0.5, 0.6) is 0 Å². The van der Waals surface area contributed by atoms with Crippen molar-refractivity contribution in [3.8, 4) is 0 Å². The first-order valence-corrected chi connectivity index (χ1v) is 4.19. The van der Waals surface area contributed by atoms with Crippen LogP contribution in [0.4, 0.5) is 0 Å². The van der Waals surface area contributed by atoms with Gasteiger partial charge in [0.05, 0.1) is 18.1 Å². The normalized spacial score (nSPS) is 27.2. The number of allylic oxidation sites excluding steroid dienone is 2. The smallest absolute Gasteiger partial charge is 0.0976 e. The van der Waals surface area contributed by atoms with Gasteiger partial charge >= 0.3 is 0 Å².